The number of fused-ring (bicyclic) bond motifs is 1. The Labute approximate surface area is 191 Å². The summed E-state index contributed by atoms with van der Waals surface area (Å²) in [5, 5.41) is 6.29. The van der Waals surface area contributed by atoms with Gasteiger partial charge in [-0.2, -0.15) is 0 Å². The van der Waals surface area contributed by atoms with Gasteiger partial charge in [-0.3, -0.25) is 14.3 Å². The largest absolute Gasteiger partial charge is 0.472 e. The second-order valence-electron chi connectivity index (χ2n) is 9.08. The SMILES string of the molecule is CC[C@@H]1C[C@]1(NC(=O)[C@@H]1CC(Oc2ncnc3ccccc23)CN1)C(=O)NS(=O)(=O)C1CC1. The highest BCUT2D eigenvalue weighted by Crippen LogP contribution is 2.46. The highest BCUT2D eigenvalue weighted by molar-refractivity contribution is 7.91. The fraction of sp³-hybridized carbons (Fsp3) is 0.545. The molecule has 2 aromatic rings. The molecule has 33 heavy (non-hydrogen) atoms. The van der Waals surface area contributed by atoms with Crippen molar-refractivity contribution in [1.82, 2.24) is 25.3 Å². The normalized spacial score (nSPS) is 28.9. The van der Waals surface area contributed by atoms with Crippen molar-refractivity contribution in [2.24, 2.45) is 5.92 Å². The van der Waals surface area contributed by atoms with Crippen LogP contribution in [0.25, 0.3) is 10.9 Å². The minimum absolute atomic E-state index is 0.0864. The molecule has 2 heterocycles. The third kappa shape index (κ3) is 4.26. The summed E-state index contributed by atoms with van der Waals surface area (Å²) in [4.78, 5) is 34.3. The number of sulfonamides is 1. The Morgan fingerprint density at radius 2 is 2.03 bits per heavy atom. The lowest BCUT2D eigenvalue weighted by molar-refractivity contribution is -0.130. The molecule has 176 valence electrons. The maximum Gasteiger partial charge on any atom is 0.259 e. The summed E-state index contributed by atoms with van der Waals surface area (Å²) in [7, 11) is -3.68. The number of rotatable bonds is 8. The number of hydrogen-bond acceptors (Lipinski definition) is 8. The molecule has 0 spiro atoms. The summed E-state index contributed by atoms with van der Waals surface area (Å²) >= 11 is 0. The van der Waals surface area contributed by atoms with E-state index in [0.717, 1.165) is 10.9 Å². The quantitative estimate of drug-likeness (QED) is 0.507. The van der Waals surface area contributed by atoms with Gasteiger partial charge in [0.1, 0.15) is 18.0 Å². The van der Waals surface area contributed by atoms with Crippen LogP contribution in [0.4, 0.5) is 0 Å². The van der Waals surface area contributed by atoms with Gasteiger partial charge in [0, 0.05) is 13.0 Å². The number of hydrogen-bond donors (Lipinski definition) is 3. The first kappa shape index (κ1) is 22.0. The third-order valence-electron chi connectivity index (χ3n) is 6.74. The van der Waals surface area contributed by atoms with Crippen LogP contribution in [0, 0.1) is 5.92 Å². The molecule has 1 aromatic carbocycles. The molecule has 3 fully saturated rings. The summed E-state index contributed by atoms with van der Waals surface area (Å²) in [6, 6.07) is 6.98. The van der Waals surface area contributed by atoms with Crippen LogP contribution in [-0.2, 0) is 19.6 Å². The zero-order chi connectivity index (χ0) is 23.2. The van der Waals surface area contributed by atoms with Crippen LogP contribution in [0.3, 0.4) is 0 Å². The first-order valence-electron chi connectivity index (χ1n) is 11.3. The Hall–Kier alpha value is -2.79. The van der Waals surface area contributed by atoms with Crippen molar-refractivity contribution in [3.8, 4) is 5.88 Å². The smallest absolute Gasteiger partial charge is 0.259 e. The van der Waals surface area contributed by atoms with Crippen LogP contribution < -0.4 is 20.1 Å². The molecule has 2 saturated carbocycles. The minimum atomic E-state index is -3.68. The zero-order valence-corrected chi connectivity index (χ0v) is 19.1. The van der Waals surface area contributed by atoms with E-state index in [-0.39, 0.29) is 17.9 Å². The maximum atomic E-state index is 13.0. The molecule has 1 saturated heterocycles. The predicted octanol–water partition coefficient (Wildman–Crippen LogP) is 0.632. The molecule has 11 heteroatoms. The highest BCUT2D eigenvalue weighted by atomic mass is 32.2. The Morgan fingerprint density at radius 3 is 2.76 bits per heavy atom. The number of benzene rings is 1. The van der Waals surface area contributed by atoms with E-state index in [0.29, 0.717) is 44.5 Å². The van der Waals surface area contributed by atoms with Crippen molar-refractivity contribution in [1.29, 1.82) is 0 Å². The van der Waals surface area contributed by atoms with E-state index >= 15 is 0 Å². The van der Waals surface area contributed by atoms with Crippen LogP contribution >= 0.6 is 0 Å². The van der Waals surface area contributed by atoms with Crippen molar-refractivity contribution in [3.63, 3.8) is 0 Å². The molecule has 2 aliphatic carbocycles. The molecule has 1 aliphatic heterocycles. The van der Waals surface area contributed by atoms with Crippen LogP contribution in [0.5, 0.6) is 5.88 Å². The molecule has 3 N–H and O–H groups in total. The van der Waals surface area contributed by atoms with E-state index in [9.17, 15) is 18.0 Å². The lowest BCUT2D eigenvalue weighted by atomic mass is 10.1. The molecule has 5 rings (SSSR count). The Bertz CT molecular complexity index is 1200. The van der Waals surface area contributed by atoms with Gasteiger partial charge in [0.25, 0.3) is 5.91 Å². The molecule has 3 aliphatic rings. The topological polar surface area (TPSA) is 139 Å². The fourth-order valence-electron chi connectivity index (χ4n) is 4.52. The van der Waals surface area contributed by atoms with Crippen molar-refractivity contribution in [2.75, 3.05) is 6.54 Å². The van der Waals surface area contributed by atoms with E-state index in [4.69, 9.17) is 4.74 Å². The van der Waals surface area contributed by atoms with E-state index < -0.39 is 32.8 Å². The molecule has 1 unspecified atom stereocenters. The van der Waals surface area contributed by atoms with Crippen LogP contribution in [0.15, 0.2) is 30.6 Å². The lowest BCUT2D eigenvalue weighted by Gasteiger charge is -2.21. The monoisotopic (exact) mass is 473 g/mol. The maximum absolute atomic E-state index is 13.0. The average Bonchev–Trinajstić information content (AvgIpc) is 3.71. The van der Waals surface area contributed by atoms with Crippen LogP contribution in [0.2, 0.25) is 0 Å². The Morgan fingerprint density at radius 1 is 1.24 bits per heavy atom. The van der Waals surface area contributed by atoms with E-state index in [1.54, 1.807) is 0 Å². The van der Waals surface area contributed by atoms with E-state index in [1.807, 2.05) is 31.2 Å². The van der Waals surface area contributed by atoms with Gasteiger partial charge >= 0.3 is 0 Å². The molecule has 2 amide bonds. The van der Waals surface area contributed by atoms with Crippen LogP contribution in [-0.4, -0.2) is 59.7 Å². The van der Waals surface area contributed by atoms with Gasteiger partial charge in [0.2, 0.25) is 21.8 Å². The summed E-state index contributed by atoms with van der Waals surface area (Å²) in [6.45, 7) is 2.37. The molecule has 10 nitrogen and oxygen atoms in total. The summed E-state index contributed by atoms with van der Waals surface area (Å²) < 4.78 is 32.7. The number of ether oxygens (including phenoxy) is 1. The Kier molecular flexibility index (Phi) is 5.48. The first-order valence-corrected chi connectivity index (χ1v) is 12.8. The van der Waals surface area contributed by atoms with Gasteiger partial charge < -0.3 is 15.4 Å². The van der Waals surface area contributed by atoms with Crippen molar-refractivity contribution >= 4 is 32.7 Å². The number of nitrogens with zero attached hydrogens (tertiary/aromatic N) is 2. The second-order valence-corrected chi connectivity index (χ2v) is 11.0. The van der Waals surface area contributed by atoms with Crippen LogP contribution in [0.1, 0.15) is 39.0 Å². The Balaban J connectivity index is 1.23. The number of aromatic nitrogens is 2. The van der Waals surface area contributed by atoms with Crippen molar-refractivity contribution < 1.29 is 22.7 Å². The number of nitrogens with one attached hydrogen (secondary N) is 3. The van der Waals surface area contributed by atoms with Gasteiger partial charge in [-0.1, -0.05) is 25.5 Å². The number of amides is 2. The molecular formula is C22H27N5O5S. The summed E-state index contributed by atoms with van der Waals surface area (Å²) in [5.74, 6) is -0.587. The summed E-state index contributed by atoms with van der Waals surface area (Å²) in [6.07, 6.45) is 3.80. The number of para-hydroxylation sites is 1. The standard InChI is InChI=1S/C22H27N5O5S/c1-2-13-10-22(13,21(29)27-33(30,31)15-7-8-15)26-19(28)18-9-14(11-23-18)32-20-16-5-3-4-6-17(16)24-12-25-20/h3-6,12-15,18,23H,2,7-11H2,1H3,(H,26,28)(H,27,29)/t13-,14?,18+,22-/m1/s1. The van der Waals surface area contributed by atoms with Gasteiger partial charge in [0.15, 0.2) is 0 Å². The molecule has 0 bridgehead atoms. The molecule has 4 atom stereocenters. The lowest BCUT2D eigenvalue weighted by Crippen LogP contribution is -2.55. The van der Waals surface area contributed by atoms with Crippen molar-refractivity contribution in [2.45, 2.75) is 62.0 Å². The first-order chi connectivity index (χ1) is 15.8. The van der Waals surface area contributed by atoms with Gasteiger partial charge in [-0.25, -0.2) is 18.4 Å². The molecular weight excluding hydrogens is 446 g/mol. The van der Waals surface area contributed by atoms with E-state index in [2.05, 4.69) is 25.3 Å². The van der Waals surface area contributed by atoms with Gasteiger partial charge in [-0.15, -0.1) is 0 Å². The number of carbonyl (C=O) groups is 2. The highest BCUT2D eigenvalue weighted by Gasteiger charge is 2.61. The van der Waals surface area contributed by atoms with E-state index in [1.165, 1.54) is 6.33 Å². The predicted molar refractivity (Wildman–Crippen MR) is 120 cm³/mol. The zero-order valence-electron chi connectivity index (χ0n) is 18.3. The summed E-state index contributed by atoms with van der Waals surface area (Å²) in [5.41, 5.74) is -0.395. The molecule has 1 aromatic heterocycles. The minimum Gasteiger partial charge on any atom is -0.472 e. The van der Waals surface area contributed by atoms with Gasteiger partial charge in [0.05, 0.1) is 22.2 Å². The van der Waals surface area contributed by atoms with Crippen molar-refractivity contribution in [3.05, 3.63) is 30.6 Å². The second kappa shape index (κ2) is 8.21. The fourth-order valence-corrected chi connectivity index (χ4v) is 5.89. The molecule has 0 radical (unpaired) electrons. The number of carbonyl (C=O) groups excluding carboxylic acids is 2. The van der Waals surface area contributed by atoms with Gasteiger partial charge in [-0.05, 0) is 37.3 Å². The average molecular weight is 474 g/mol. The third-order valence-corrected chi connectivity index (χ3v) is 8.56.